The van der Waals surface area contributed by atoms with Crippen LogP contribution in [0.25, 0.3) is 0 Å². The zero-order chi connectivity index (χ0) is 22.1. The maximum Gasteiger partial charge on any atom is 0.337 e. The van der Waals surface area contributed by atoms with Crippen LogP contribution in [0.1, 0.15) is 73.4 Å². The van der Waals surface area contributed by atoms with Gasteiger partial charge in [-0.1, -0.05) is 41.5 Å². The van der Waals surface area contributed by atoms with E-state index in [0.29, 0.717) is 5.69 Å². The van der Waals surface area contributed by atoms with Gasteiger partial charge in [0.25, 0.3) is 5.91 Å². The van der Waals surface area contributed by atoms with E-state index < -0.39 is 11.9 Å². The fraction of sp³-hybridized carbons (Fsp3) is 0.391. The van der Waals surface area contributed by atoms with Crippen molar-refractivity contribution < 1.29 is 19.4 Å². The molecule has 0 heterocycles. The Hall–Kier alpha value is -3.02. The first kappa shape index (κ1) is 22.3. The number of nitrogens with two attached hydrogens (primary N) is 1. The molecule has 0 atom stereocenters. The molecule has 6 heteroatoms. The molecule has 0 radical (unpaired) electrons. The van der Waals surface area contributed by atoms with E-state index in [1.54, 1.807) is 12.1 Å². The van der Waals surface area contributed by atoms with E-state index in [-0.39, 0.29) is 33.4 Å². The average molecular weight is 399 g/mol. The van der Waals surface area contributed by atoms with Crippen molar-refractivity contribution in [3.63, 3.8) is 0 Å². The molecule has 0 aliphatic carbocycles. The number of aromatic hydroxyl groups is 1. The number of rotatable bonds is 3. The Morgan fingerprint density at radius 2 is 1.48 bits per heavy atom. The van der Waals surface area contributed by atoms with Gasteiger partial charge in [0.2, 0.25) is 0 Å². The second kappa shape index (κ2) is 7.78. The van der Waals surface area contributed by atoms with E-state index >= 15 is 0 Å². The Labute approximate surface area is 172 Å². The zero-order valence-corrected chi connectivity index (χ0v) is 18.1. The van der Waals surface area contributed by atoms with E-state index in [4.69, 9.17) is 5.73 Å². The van der Waals surface area contributed by atoms with Crippen molar-refractivity contribution in [1.29, 1.82) is 0 Å². The lowest BCUT2D eigenvalue weighted by Gasteiger charge is -2.28. The molecule has 4 N–H and O–H groups in total. The van der Waals surface area contributed by atoms with Gasteiger partial charge in [-0.3, -0.25) is 4.79 Å². The minimum absolute atomic E-state index is 0.177. The van der Waals surface area contributed by atoms with Crippen LogP contribution >= 0.6 is 0 Å². The number of esters is 1. The number of hydrogen-bond acceptors (Lipinski definition) is 5. The largest absolute Gasteiger partial charge is 0.507 e. The van der Waals surface area contributed by atoms with Crippen LogP contribution in [0.4, 0.5) is 11.4 Å². The second-order valence-corrected chi connectivity index (χ2v) is 9.17. The summed E-state index contributed by atoms with van der Waals surface area (Å²) in [4.78, 5) is 24.5. The zero-order valence-electron chi connectivity index (χ0n) is 18.1. The van der Waals surface area contributed by atoms with Crippen LogP contribution in [0, 0.1) is 0 Å². The van der Waals surface area contributed by atoms with Gasteiger partial charge in [0.1, 0.15) is 5.75 Å². The van der Waals surface area contributed by atoms with Crippen LogP contribution in [0.15, 0.2) is 30.3 Å². The summed E-state index contributed by atoms with van der Waals surface area (Å²) in [6.45, 7) is 12.0. The third-order valence-corrected chi connectivity index (χ3v) is 4.70. The lowest BCUT2D eigenvalue weighted by atomic mass is 9.79. The van der Waals surface area contributed by atoms with Gasteiger partial charge >= 0.3 is 5.97 Å². The molecule has 29 heavy (non-hydrogen) atoms. The Morgan fingerprint density at radius 3 is 1.90 bits per heavy atom. The summed E-state index contributed by atoms with van der Waals surface area (Å²) in [6.07, 6.45) is 0. The van der Waals surface area contributed by atoms with Crippen molar-refractivity contribution in [2.45, 2.75) is 52.4 Å². The van der Waals surface area contributed by atoms with Crippen molar-refractivity contribution in [3.8, 4) is 5.75 Å². The molecule has 0 aliphatic heterocycles. The quantitative estimate of drug-likeness (QED) is 0.398. The maximum absolute atomic E-state index is 12.8. The molecule has 2 rings (SSSR count). The van der Waals surface area contributed by atoms with Gasteiger partial charge in [-0.05, 0) is 41.2 Å². The molecule has 0 fully saturated rings. The molecule has 0 aromatic heterocycles. The number of methoxy groups -OCH3 is 1. The summed E-state index contributed by atoms with van der Waals surface area (Å²) in [6, 6.07) is 7.96. The Kier molecular flexibility index (Phi) is 5.97. The van der Waals surface area contributed by atoms with Crippen LogP contribution < -0.4 is 11.1 Å². The molecule has 6 nitrogen and oxygen atoms in total. The number of amides is 1. The highest BCUT2D eigenvalue weighted by Gasteiger charge is 2.27. The Morgan fingerprint density at radius 1 is 0.966 bits per heavy atom. The molecular formula is C23H30N2O4. The predicted molar refractivity (Wildman–Crippen MR) is 116 cm³/mol. The highest BCUT2D eigenvalue weighted by molar-refractivity contribution is 6.08. The number of anilines is 2. The maximum atomic E-state index is 12.8. The number of phenols is 1. The highest BCUT2D eigenvalue weighted by atomic mass is 16.5. The number of carbonyl (C=O) groups is 2. The van der Waals surface area contributed by atoms with Gasteiger partial charge in [0.15, 0.2) is 0 Å². The number of phenolic OH excluding ortho intramolecular Hbond substituents is 1. The molecule has 2 aromatic carbocycles. The lowest BCUT2D eigenvalue weighted by molar-refractivity contribution is 0.0600. The first-order chi connectivity index (χ1) is 13.3. The van der Waals surface area contributed by atoms with Crippen LogP contribution in [0.3, 0.4) is 0 Å². The third-order valence-electron chi connectivity index (χ3n) is 4.70. The molecule has 156 valence electrons. The number of nitrogens with one attached hydrogen (secondary N) is 1. The van der Waals surface area contributed by atoms with Gasteiger partial charge in [-0.2, -0.15) is 0 Å². The van der Waals surface area contributed by atoms with Gasteiger partial charge in [0, 0.05) is 22.5 Å². The first-order valence-electron chi connectivity index (χ1n) is 9.43. The number of carbonyl (C=O) groups excluding carboxylic acids is 2. The molecule has 0 spiro atoms. The predicted octanol–water partition coefficient (Wildman–Crippen LogP) is 4.61. The van der Waals surface area contributed by atoms with E-state index in [1.807, 2.05) is 41.5 Å². The van der Waals surface area contributed by atoms with Crippen LogP contribution in [0.5, 0.6) is 5.75 Å². The van der Waals surface area contributed by atoms with Crippen molar-refractivity contribution in [1.82, 2.24) is 0 Å². The monoisotopic (exact) mass is 398 g/mol. The molecule has 0 saturated heterocycles. The molecule has 0 bridgehead atoms. The molecule has 0 unspecified atom stereocenters. The first-order valence-corrected chi connectivity index (χ1v) is 9.43. The molecular weight excluding hydrogens is 368 g/mol. The van der Waals surface area contributed by atoms with E-state index in [0.717, 1.165) is 11.1 Å². The number of hydrogen-bond donors (Lipinski definition) is 3. The average Bonchev–Trinajstić information content (AvgIpc) is 2.60. The van der Waals surface area contributed by atoms with Gasteiger partial charge in [-0.15, -0.1) is 0 Å². The molecule has 0 saturated carbocycles. The van der Waals surface area contributed by atoms with Crippen LogP contribution in [-0.4, -0.2) is 24.1 Å². The minimum Gasteiger partial charge on any atom is -0.507 e. The summed E-state index contributed by atoms with van der Waals surface area (Å²) in [7, 11) is 1.28. The smallest absolute Gasteiger partial charge is 0.337 e. The molecule has 0 aliphatic rings. The summed E-state index contributed by atoms with van der Waals surface area (Å²) < 4.78 is 4.67. The topological polar surface area (TPSA) is 102 Å². The number of nitrogen functional groups attached to an aromatic ring is 1. The molecule has 1 amide bonds. The summed E-state index contributed by atoms with van der Waals surface area (Å²) in [5, 5.41) is 13.7. The Bertz CT molecular complexity index is 915. The van der Waals surface area contributed by atoms with Crippen LogP contribution in [-0.2, 0) is 15.6 Å². The SMILES string of the molecule is COC(=O)c1ccc(C(=O)Nc2cc(C(C)(C)C)c(O)c(C(C)(C)C)c2)c(N)c1. The van der Waals surface area contributed by atoms with Crippen LogP contribution in [0.2, 0.25) is 0 Å². The lowest BCUT2D eigenvalue weighted by Crippen LogP contribution is -2.20. The second-order valence-electron chi connectivity index (χ2n) is 9.17. The van der Waals surface area contributed by atoms with E-state index in [1.165, 1.54) is 25.3 Å². The molecule has 2 aromatic rings. The van der Waals surface area contributed by atoms with Gasteiger partial charge in [-0.25, -0.2) is 4.79 Å². The Balaban J connectivity index is 2.46. The van der Waals surface area contributed by atoms with Crippen molar-refractivity contribution in [3.05, 3.63) is 52.6 Å². The van der Waals surface area contributed by atoms with Gasteiger partial charge in [0.05, 0.1) is 18.2 Å². The fourth-order valence-electron chi connectivity index (χ4n) is 3.06. The fourth-order valence-corrected chi connectivity index (χ4v) is 3.06. The number of ether oxygens (including phenoxy) is 1. The van der Waals surface area contributed by atoms with E-state index in [9.17, 15) is 14.7 Å². The number of benzene rings is 2. The van der Waals surface area contributed by atoms with Gasteiger partial charge < -0.3 is 20.9 Å². The van der Waals surface area contributed by atoms with Crippen molar-refractivity contribution in [2.75, 3.05) is 18.2 Å². The minimum atomic E-state index is -0.521. The van der Waals surface area contributed by atoms with Crippen molar-refractivity contribution in [2.24, 2.45) is 0 Å². The summed E-state index contributed by atoms with van der Waals surface area (Å²) in [5.41, 5.74) is 8.11. The van der Waals surface area contributed by atoms with E-state index in [2.05, 4.69) is 10.1 Å². The standard InChI is InChI=1S/C23H30N2O4/c1-22(2,3)16-11-14(12-17(19(16)26)23(4,5)6)25-20(27)15-9-8-13(10-18(15)24)21(28)29-7/h8-12,26H,24H2,1-7H3,(H,25,27). The van der Waals surface area contributed by atoms with Crippen molar-refractivity contribution >= 4 is 23.3 Å². The normalized spacial score (nSPS) is 11.8. The summed E-state index contributed by atoms with van der Waals surface area (Å²) in [5.74, 6) is -0.680. The third kappa shape index (κ3) is 4.88. The summed E-state index contributed by atoms with van der Waals surface area (Å²) >= 11 is 0. The highest BCUT2D eigenvalue weighted by Crippen LogP contribution is 2.41.